The van der Waals surface area contributed by atoms with Crippen LogP contribution in [-0.2, 0) is 4.79 Å². The fourth-order valence-corrected chi connectivity index (χ4v) is 3.62. The van der Waals surface area contributed by atoms with Gasteiger partial charge in [-0.15, -0.1) is 16.4 Å². The molecule has 0 radical (unpaired) electrons. The van der Waals surface area contributed by atoms with E-state index < -0.39 is 5.91 Å². The van der Waals surface area contributed by atoms with E-state index in [9.17, 15) is 4.79 Å². The Balaban J connectivity index is 1.88. The molecule has 4 heterocycles. The molecule has 8 heteroatoms. The van der Waals surface area contributed by atoms with Crippen LogP contribution in [-0.4, -0.2) is 25.7 Å². The number of nitrogens with one attached hydrogen (secondary N) is 1. The van der Waals surface area contributed by atoms with Crippen LogP contribution in [0.25, 0.3) is 11.4 Å². The van der Waals surface area contributed by atoms with E-state index in [1.165, 1.54) is 0 Å². The van der Waals surface area contributed by atoms with Crippen molar-refractivity contribution in [3.63, 3.8) is 0 Å². The minimum Gasteiger partial charge on any atom is -0.366 e. The van der Waals surface area contributed by atoms with Crippen LogP contribution in [0.2, 0.25) is 0 Å². The van der Waals surface area contributed by atoms with Gasteiger partial charge in [0.25, 0.3) is 0 Å². The van der Waals surface area contributed by atoms with E-state index in [0.717, 1.165) is 10.4 Å². The molecule has 0 spiro atoms. The summed E-state index contributed by atoms with van der Waals surface area (Å²) in [7, 11) is 0. The number of nitrogens with zero attached hydrogens (tertiary/aromatic N) is 4. The van der Waals surface area contributed by atoms with Gasteiger partial charge in [0.15, 0.2) is 5.82 Å². The normalized spacial score (nSPS) is 16.6. The number of hydrogen-bond donors (Lipinski definition) is 2. The van der Waals surface area contributed by atoms with Gasteiger partial charge in [-0.25, -0.2) is 4.68 Å². The van der Waals surface area contributed by atoms with E-state index in [2.05, 4.69) is 20.4 Å². The second kappa shape index (κ2) is 5.57. The highest BCUT2D eigenvalue weighted by atomic mass is 32.1. The lowest BCUT2D eigenvalue weighted by Crippen LogP contribution is -2.31. The van der Waals surface area contributed by atoms with E-state index in [1.54, 1.807) is 28.4 Å². The fraction of sp³-hybridized carbons (Fsp3) is 0.125. The summed E-state index contributed by atoms with van der Waals surface area (Å²) in [5, 5.41) is 9.68. The third-order valence-electron chi connectivity index (χ3n) is 3.85. The van der Waals surface area contributed by atoms with Crippen molar-refractivity contribution in [1.29, 1.82) is 0 Å². The van der Waals surface area contributed by atoms with Crippen LogP contribution in [0, 0.1) is 0 Å². The van der Waals surface area contributed by atoms with Gasteiger partial charge in [0, 0.05) is 28.5 Å². The molecule has 0 aromatic carbocycles. The van der Waals surface area contributed by atoms with Crippen LogP contribution in [0.5, 0.6) is 0 Å². The average molecular weight is 338 g/mol. The van der Waals surface area contributed by atoms with Crippen LogP contribution in [0.15, 0.2) is 53.3 Å². The summed E-state index contributed by atoms with van der Waals surface area (Å²) in [6, 6.07) is 7.25. The molecule has 24 heavy (non-hydrogen) atoms. The maximum Gasteiger partial charge on any atom is 0.248 e. The second-order valence-corrected chi connectivity index (χ2v) is 6.37. The second-order valence-electron chi connectivity index (χ2n) is 5.39. The molecule has 1 unspecified atom stereocenters. The zero-order valence-corrected chi connectivity index (χ0v) is 13.6. The van der Waals surface area contributed by atoms with Gasteiger partial charge < -0.3 is 11.1 Å². The Kier molecular flexibility index (Phi) is 3.39. The molecule has 0 saturated heterocycles. The molecule has 1 atom stereocenters. The van der Waals surface area contributed by atoms with Crippen LogP contribution in [0.1, 0.15) is 17.8 Å². The quantitative estimate of drug-likeness (QED) is 0.762. The van der Waals surface area contributed by atoms with Gasteiger partial charge >= 0.3 is 0 Å². The lowest BCUT2D eigenvalue weighted by molar-refractivity contribution is -0.115. The first-order valence-corrected chi connectivity index (χ1v) is 8.21. The van der Waals surface area contributed by atoms with E-state index in [4.69, 9.17) is 5.73 Å². The van der Waals surface area contributed by atoms with E-state index in [-0.39, 0.29) is 6.04 Å². The van der Waals surface area contributed by atoms with Gasteiger partial charge in [-0.3, -0.25) is 9.78 Å². The Labute approximate surface area is 141 Å². The molecule has 3 aromatic heterocycles. The first-order chi connectivity index (χ1) is 11.6. The molecule has 1 aliphatic heterocycles. The Morgan fingerprint density at radius 2 is 2.25 bits per heavy atom. The predicted molar refractivity (Wildman–Crippen MR) is 91.2 cm³/mol. The largest absolute Gasteiger partial charge is 0.366 e. The third kappa shape index (κ3) is 2.28. The van der Waals surface area contributed by atoms with Crippen molar-refractivity contribution in [2.24, 2.45) is 5.73 Å². The molecule has 1 aliphatic rings. The number of rotatable bonds is 3. The smallest absolute Gasteiger partial charge is 0.248 e. The number of primary amides is 1. The molecule has 1 amide bonds. The Morgan fingerprint density at radius 3 is 2.92 bits per heavy atom. The number of thiophene rings is 1. The standard InChI is InChI=1S/C16H14N6OS/c1-9-12(14(17)23)13(11-5-3-7-24-11)22-16(19-9)20-15(21-22)10-4-2-6-18-8-10/h2-8,13H,1H3,(H2,17,23)(H,19,20,21). The number of pyridine rings is 1. The van der Waals surface area contributed by atoms with Gasteiger partial charge in [0.1, 0.15) is 6.04 Å². The number of fused-ring (bicyclic) bond motifs is 1. The zero-order valence-electron chi connectivity index (χ0n) is 12.8. The highest BCUT2D eigenvalue weighted by molar-refractivity contribution is 7.10. The maximum absolute atomic E-state index is 12.0. The van der Waals surface area contributed by atoms with E-state index >= 15 is 0 Å². The Bertz CT molecular complexity index is 929. The Hall–Kier alpha value is -3.00. The minimum absolute atomic E-state index is 0.378. The van der Waals surface area contributed by atoms with Gasteiger partial charge in [0.05, 0.1) is 5.57 Å². The summed E-state index contributed by atoms with van der Waals surface area (Å²) in [6.07, 6.45) is 3.40. The van der Waals surface area contributed by atoms with Crippen molar-refractivity contribution in [2.75, 3.05) is 5.32 Å². The van der Waals surface area contributed by atoms with Gasteiger partial charge in [0.2, 0.25) is 11.9 Å². The van der Waals surface area contributed by atoms with Crippen molar-refractivity contribution in [3.8, 4) is 11.4 Å². The molecule has 4 rings (SSSR count). The molecular formula is C16H14N6OS. The SMILES string of the molecule is CC1=C(C(N)=O)C(c2cccs2)n2nc(-c3cccnc3)nc2N1. The monoisotopic (exact) mass is 338 g/mol. The number of allylic oxidation sites excluding steroid dienone is 1. The number of aromatic nitrogens is 4. The van der Waals surface area contributed by atoms with Gasteiger partial charge in [-0.05, 0) is 30.5 Å². The summed E-state index contributed by atoms with van der Waals surface area (Å²) in [5.74, 6) is 0.655. The lowest BCUT2D eigenvalue weighted by atomic mass is 10.0. The van der Waals surface area contributed by atoms with Crippen LogP contribution >= 0.6 is 11.3 Å². The average Bonchev–Trinajstić information content (AvgIpc) is 3.23. The molecular weight excluding hydrogens is 324 g/mol. The van der Waals surface area contributed by atoms with Crippen molar-refractivity contribution in [3.05, 3.63) is 58.2 Å². The summed E-state index contributed by atoms with van der Waals surface area (Å²) in [4.78, 5) is 21.6. The van der Waals surface area contributed by atoms with Gasteiger partial charge in [-0.1, -0.05) is 6.07 Å². The first kappa shape index (κ1) is 14.6. The zero-order chi connectivity index (χ0) is 16.7. The maximum atomic E-state index is 12.0. The highest BCUT2D eigenvalue weighted by Crippen LogP contribution is 2.37. The molecule has 0 aliphatic carbocycles. The van der Waals surface area contributed by atoms with Crippen LogP contribution in [0.4, 0.5) is 5.95 Å². The number of nitrogens with two attached hydrogens (primary N) is 1. The van der Waals surface area contributed by atoms with Crippen molar-refractivity contribution < 1.29 is 4.79 Å². The Morgan fingerprint density at radius 1 is 1.38 bits per heavy atom. The number of hydrogen-bond acceptors (Lipinski definition) is 6. The molecule has 0 saturated carbocycles. The van der Waals surface area contributed by atoms with Crippen molar-refractivity contribution in [2.45, 2.75) is 13.0 Å². The molecule has 0 fully saturated rings. The fourth-order valence-electron chi connectivity index (χ4n) is 2.80. The summed E-state index contributed by atoms with van der Waals surface area (Å²) in [6.45, 7) is 1.82. The van der Waals surface area contributed by atoms with Crippen LogP contribution in [0.3, 0.4) is 0 Å². The highest BCUT2D eigenvalue weighted by Gasteiger charge is 2.33. The van der Waals surface area contributed by atoms with E-state index in [0.29, 0.717) is 23.0 Å². The van der Waals surface area contributed by atoms with Crippen molar-refractivity contribution >= 4 is 23.2 Å². The minimum atomic E-state index is -0.470. The number of anilines is 1. The molecule has 3 aromatic rings. The molecule has 120 valence electrons. The topological polar surface area (TPSA) is 98.7 Å². The number of carbonyl (C=O) groups excluding carboxylic acids is 1. The van der Waals surface area contributed by atoms with Crippen molar-refractivity contribution in [1.82, 2.24) is 19.7 Å². The summed E-state index contributed by atoms with van der Waals surface area (Å²) >= 11 is 1.55. The summed E-state index contributed by atoms with van der Waals surface area (Å²) in [5.41, 5.74) is 7.62. The molecule has 3 N–H and O–H groups in total. The van der Waals surface area contributed by atoms with Gasteiger partial charge in [-0.2, -0.15) is 4.98 Å². The molecule has 7 nitrogen and oxygen atoms in total. The third-order valence-corrected chi connectivity index (χ3v) is 4.78. The summed E-state index contributed by atoms with van der Waals surface area (Å²) < 4.78 is 1.71. The number of amides is 1. The predicted octanol–water partition coefficient (Wildman–Crippen LogP) is 2.18. The number of carbonyl (C=O) groups is 1. The van der Waals surface area contributed by atoms with Crippen LogP contribution < -0.4 is 11.1 Å². The lowest BCUT2D eigenvalue weighted by Gasteiger charge is -2.26. The first-order valence-electron chi connectivity index (χ1n) is 7.33. The molecule has 0 bridgehead atoms. The van der Waals surface area contributed by atoms with E-state index in [1.807, 2.05) is 36.6 Å².